The van der Waals surface area contributed by atoms with Crippen molar-refractivity contribution in [2.45, 2.75) is 33.2 Å². The minimum Gasteiger partial charge on any atom is -0.465 e. The first-order chi connectivity index (χ1) is 19.7. The zero-order chi connectivity index (χ0) is 29.3. The number of hydrogen-bond acceptors (Lipinski definition) is 8. The molecule has 212 valence electrons. The third-order valence-electron chi connectivity index (χ3n) is 6.88. The Bertz CT molecular complexity index is 1660. The van der Waals surface area contributed by atoms with Crippen molar-refractivity contribution in [3.8, 4) is 5.00 Å². The van der Waals surface area contributed by atoms with E-state index in [1.54, 1.807) is 23.5 Å². The average Bonchev–Trinajstić information content (AvgIpc) is 3.43. The van der Waals surface area contributed by atoms with Gasteiger partial charge in [0.2, 0.25) is 5.91 Å². The maximum Gasteiger partial charge on any atom is 0.339 e. The number of ether oxygens (including phenoxy) is 1. The molecule has 0 bridgehead atoms. The third kappa shape index (κ3) is 5.93. The van der Waals surface area contributed by atoms with Crippen LogP contribution in [0.5, 0.6) is 0 Å². The summed E-state index contributed by atoms with van der Waals surface area (Å²) < 4.78 is 7.50. The Morgan fingerprint density at radius 3 is 2.59 bits per heavy atom. The van der Waals surface area contributed by atoms with E-state index in [0.29, 0.717) is 34.0 Å². The highest BCUT2D eigenvalue weighted by Gasteiger charge is 2.32. The average molecular weight is 656 g/mol. The van der Waals surface area contributed by atoms with Gasteiger partial charge in [-0.05, 0) is 72.6 Å². The molecule has 41 heavy (non-hydrogen) atoms. The van der Waals surface area contributed by atoms with Gasteiger partial charge < -0.3 is 15.4 Å². The zero-order valence-electron chi connectivity index (χ0n) is 22.9. The van der Waals surface area contributed by atoms with Crippen molar-refractivity contribution < 1.29 is 14.3 Å². The lowest BCUT2D eigenvalue weighted by Gasteiger charge is -2.14. The van der Waals surface area contributed by atoms with Gasteiger partial charge in [-0.1, -0.05) is 23.7 Å². The molecule has 0 radical (unpaired) electrons. The summed E-state index contributed by atoms with van der Waals surface area (Å²) in [5, 5.41) is 16.6. The first-order valence-corrected chi connectivity index (χ1v) is 14.9. The van der Waals surface area contributed by atoms with Crippen LogP contribution in [0.2, 0.25) is 5.02 Å². The monoisotopic (exact) mass is 654 g/mol. The largest absolute Gasteiger partial charge is 0.465 e. The predicted molar refractivity (Wildman–Crippen MR) is 165 cm³/mol. The highest BCUT2D eigenvalue weighted by Crippen LogP contribution is 2.39. The molecule has 4 aromatic rings. The van der Waals surface area contributed by atoms with Crippen molar-refractivity contribution in [3.05, 3.63) is 90.7 Å². The first-order valence-electron chi connectivity index (χ1n) is 12.9. The van der Waals surface area contributed by atoms with Crippen LogP contribution >= 0.6 is 38.9 Å². The van der Waals surface area contributed by atoms with Crippen LogP contribution in [0.15, 0.2) is 51.9 Å². The van der Waals surface area contributed by atoms with Crippen LogP contribution in [0, 0.1) is 20.8 Å². The molecule has 0 aliphatic carbocycles. The van der Waals surface area contributed by atoms with Gasteiger partial charge in [0.15, 0.2) is 5.82 Å². The van der Waals surface area contributed by atoms with E-state index >= 15 is 0 Å². The van der Waals surface area contributed by atoms with Crippen molar-refractivity contribution in [1.82, 2.24) is 20.1 Å². The summed E-state index contributed by atoms with van der Waals surface area (Å²) in [5.74, 6) is 0.781. The number of rotatable bonds is 8. The number of carbonyl (C=O) groups is 2. The number of hydrogen-bond donors (Lipinski definition) is 2. The molecular formula is C29H28BrClN6O3S. The lowest BCUT2D eigenvalue weighted by atomic mass is 9.99. The van der Waals surface area contributed by atoms with Gasteiger partial charge in [-0.15, -0.1) is 21.5 Å². The van der Waals surface area contributed by atoms with Crippen LogP contribution in [-0.2, 0) is 9.53 Å². The Balaban J connectivity index is 1.35. The number of esters is 1. The number of aryl methyl sites for hydroxylation is 2. The summed E-state index contributed by atoms with van der Waals surface area (Å²) in [4.78, 5) is 31.4. The topological polar surface area (TPSA) is 110 Å². The number of aromatic nitrogens is 3. The number of benzene rings is 2. The number of aliphatic imine (C=N–C) groups is 1. The smallest absolute Gasteiger partial charge is 0.339 e. The van der Waals surface area contributed by atoms with Crippen LogP contribution in [0.1, 0.15) is 56.0 Å². The SMILES string of the molecule is COC(=O)c1cc(NCCNC(=O)C[C@@H]2N=C(c3ccc(Cl)cc3)c3c(sc(C)c3C)-n3c(C)nnc32)ccc1Br. The van der Waals surface area contributed by atoms with Crippen molar-refractivity contribution in [3.63, 3.8) is 0 Å². The lowest BCUT2D eigenvalue weighted by Crippen LogP contribution is -2.30. The van der Waals surface area contributed by atoms with Crippen molar-refractivity contribution in [2.75, 3.05) is 25.5 Å². The molecule has 5 rings (SSSR count). The number of methoxy groups -OCH3 is 1. The summed E-state index contributed by atoms with van der Waals surface area (Å²) in [6, 6.07) is 12.4. The number of halogens is 2. The fourth-order valence-electron chi connectivity index (χ4n) is 4.69. The Labute approximate surface area is 255 Å². The molecule has 1 aliphatic rings. The van der Waals surface area contributed by atoms with Gasteiger partial charge in [0.05, 0.1) is 24.8 Å². The molecule has 2 aromatic carbocycles. The van der Waals surface area contributed by atoms with Crippen molar-refractivity contribution in [1.29, 1.82) is 0 Å². The van der Waals surface area contributed by atoms with E-state index in [0.717, 1.165) is 38.9 Å². The number of nitrogens with one attached hydrogen (secondary N) is 2. The van der Waals surface area contributed by atoms with Gasteiger partial charge in [-0.25, -0.2) is 4.79 Å². The van der Waals surface area contributed by atoms with Crippen LogP contribution in [0.25, 0.3) is 5.00 Å². The Morgan fingerprint density at radius 2 is 1.85 bits per heavy atom. The van der Waals surface area contributed by atoms with E-state index in [1.807, 2.05) is 41.8 Å². The fourth-order valence-corrected chi connectivity index (χ4v) is 6.44. The third-order valence-corrected chi connectivity index (χ3v) is 9.02. The van der Waals surface area contributed by atoms with Gasteiger partial charge in [-0.3, -0.25) is 14.4 Å². The second-order valence-electron chi connectivity index (χ2n) is 9.57. The number of amides is 1. The summed E-state index contributed by atoms with van der Waals surface area (Å²) in [6.45, 7) is 6.93. The maximum absolute atomic E-state index is 13.2. The number of carbonyl (C=O) groups excluding carboxylic acids is 2. The van der Waals surface area contributed by atoms with E-state index in [9.17, 15) is 9.59 Å². The molecule has 0 saturated heterocycles. The molecule has 1 amide bonds. The molecule has 3 heterocycles. The van der Waals surface area contributed by atoms with E-state index < -0.39 is 12.0 Å². The van der Waals surface area contributed by atoms with Crippen LogP contribution in [0.4, 0.5) is 5.69 Å². The number of thiophene rings is 1. The van der Waals surface area contributed by atoms with Crippen LogP contribution in [-0.4, -0.2) is 52.6 Å². The Morgan fingerprint density at radius 1 is 1.10 bits per heavy atom. The standard InChI is InChI=1S/C29H28BrClN6O3S/c1-15-16(2)41-28-25(15)26(18-5-7-19(31)8-6-18)34-23(27-36-35-17(3)37(27)28)14-24(38)33-12-11-32-20-9-10-22(30)21(13-20)29(39)40-4/h5-10,13,23,32H,11-12,14H2,1-4H3,(H,33,38)/t23-/m0/s1. The molecular weight excluding hydrogens is 628 g/mol. The van der Waals surface area contributed by atoms with Gasteiger partial charge >= 0.3 is 5.97 Å². The normalized spacial score (nSPS) is 14.0. The summed E-state index contributed by atoms with van der Waals surface area (Å²) in [6.07, 6.45) is 0.104. The molecule has 0 fully saturated rings. The summed E-state index contributed by atoms with van der Waals surface area (Å²) >= 11 is 11.2. The Hall–Kier alpha value is -3.54. The van der Waals surface area contributed by atoms with Crippen LogP contribution in [0.3, 0.4) is 0 Å². The first kappa shape index (κ1) is 29.0. The molecule has 0 unspecified atom stereocenters. The van der Waals surface area contributed by atoms with Gasteiger partial charge in [0, 0.05) is 44.3 Å². The molecule has 1 atom stereocenters. The van der Waals surface area contributed by atoms with Gasteiger partial charge in [0.25, 0.3) is 0 Å². The lowest BCUT2D eigenvalue weighted by molar-refractivity contribution is -0.121. The Kier molecular flexibility index (Phi) is 8.58. The quantitative estimate of drug-likeness (QED) is 0.179. The molecule has 1 aliphatic heterocycles. The predicted octanol–water partition coefficient (Wildman–Crippen LogP) is 5.97. The fraction of sp³-hybridized carbons (Fsp3) is 0.276. The van der Waals surface area contributed by atoms with E-state index in [2.05, 4.69) is 50.6 Å². The maximum atomic E-state index is 13.2. The minimum atomic E-state index is -0.539. The van der Waals surface area contributed by atoms with Crippen molar-refractivity contribution in [2.24, 2.45) is 4.99 Å². The molecule has 0 spiro atoms. The zero-order valence-corrected chi connectivity index (χ0v) is 26.1. The molecule has 9 nitrogen and oxygen atoms in total. The highest BCUT2D eigenvalue weighted by molar-refractivity contribution is 9.10. The highest BCUT2D eigenvalue weighted by atomic mass is 79.9. The second-order valence-corrected chi connectivity index (χ2v) is 12.1. The summed E-state index contributed by atoms with van der Waals surface area (Å²) in [5.41, 5.74) is 5.04. The molecule has 2 N–H and O–H groups in total. The van der Waals surface area contributed by atoms with Crippen LogP contribution < -0.4 is 10.6 Å². The van der Waals surface area contributed by atoms with E-state index in [4.69, 9.17) is 21.3 Å². The number of anilines is 1. The minimum absolute atomic E-state index is 0.104. The van der Waals surface area contributed by atoms with Crippen molar-refractivity contribution >= 4 is 62.1 Å². The molecule has 0 saturated carbocycles. The second kappa shape index (κ2) is 12.1. The molecule has 12 heteroatoms. The molecule has 2 aromatic heterocycles. The van der Waals surface area contributed by atoms with E-state index in [1.165, 1.54) is 12.0 Å². The number of nitrogens with zero attached hydrogens (tertiary/aromatic N) is 4. The van der Waals surface area contributed by atoms with Gasteiger partial charge in [0.1, 0.15) is 16.9 Å². The van der Waals surface area contributed by atoms with E-state index in [-0.39, 0.29) is 12.3 Å². The number of fused-ring (bicyclic) bond motifs is 3. The summed E-state index contributed by atoms with van der Waals surface area (Å²) in [7, 11) is 1.34. The van der Waals surface area contributed by atoms with Gasteiger partial charge in [-0.2, -0.15) is 0 Å².